The number of thiocarbonyl (C=S) groups is 1. The average Bonchev–Trinajstić information content (AvgIpc) is 2.99. The fourth-order valence-corrected chi connectivity index (χ4v) is 4.13. The van der Waals surface area contributed by atoms with E-state index in [-0.39, 0.29) is 5.91 Å². The van der Waals surface area contributed by atoms with Gasteiger partial charge >= 0.3 is 0 Å². The van der Waals surface area contributed by atoms with Gasteiger partial charge in [0.2, 0.25) is 0 Å². The third kappa shape index (κ3) is 4.48. The monoisotopic (exact) mass is 415 g/mol. The maximum atomic E-state index is 12.8. The van der Waals surface area contributed by atoms with Crippen molar-refractivity contribution in [2.24, 2.45) is 0 Å². The highest BCUT2D eigenvalue weighted by molar-refractivity contribution is 8.26. The minimum absolute atomic E-state index is 0.0710. The van der Waals surface area contributed by atoms with Crippen molar-refractivity contribution in [1.82, 2.24) is 4.90 Å². The SMILES string of the molecule is COc1ccc(CCN2C(=O)C(=Cc3ccc(OC)c(OC)c3)SC2=S)cc1. The first-order valence-electron chi connectivity index (χ1n) is 8.66. The minimum Gasteiger partial charge on any atom is -0.497 e. The van der Waals surface area contributed by atoms with Gasteiger partial charge in [0.1, 0.15) is 10.1 Å². The van der Waals surface area contributed by atoms with Gasteiger partial charge in [-0.1, -0.05) is 42.2 Å². The van der Waals surface area contributed by atoms with Crippen molar-refractivity contribution < 1.29 is 19.0 Å². The predicted octanol–water partition coefficient (Wildman–Crippen LogP) is 4.16. The van der Waals surface area contributed by atoms with Crippen LogP contribution in [0.15, 0.2) is 47.4 Å². The second kappa shape index (κ2) is 9.12. The van der Waals surface area contributed by atoms with Gasteiger partial charge in [-0.2, -0.15) is 0 Å². The van der Waals surface area contributed by atoms with Crippen LogP contribution in [0.2, 0.25) is 0 Å². The molecule has 2 aromatic carbocycles. The van der Waals surface area contributed by atoms with Crippen LogP contribution < -0.4 is 14.2 Å². The van der Waals surface area contributed by atoms with Gasteiger partial charge in [0.15, 0.2) is 11.5 Å². The lowest BCUT2D eigenvalue weighted by atomic mass is 10.1. The van der Waals surface area contributed by atoms with Crippen LogP contribution >= 0.6 is 24.0 Å². The molecule has 0 saturated carbocycles. The Labute approximate surface area is 174 Å². The average molecular weight is 416 g/mol. The number of carbonyl (C=O) groups excluding carboxylic acids is 1. The Morgan fingerprint density at radius 2 is 1.71 bits per heavy atom. The zero-order valence-corrected chi connectivity index (χ0v) is 17.6. The third-order valence-electron chi connectivity index (χ3n) is 4.36. The Kier molecular flexibility index (Phi) is 6.59. The van der Waals surface area contributed by atoms with Crippen molar-refractivity contribution in [2.45, 2.75) is 6.42 Å². The minimum atomic E-state index is -0.0710. The first kappa shape index (κ1) is 20.2. The lowest BCUT2D eigenvalue weighted by Crippen LogP contribution is -2.30. The molecule has 1 aliphatic rings. The number of ether oxygens (including phenoxy) is 3. The summed E-state index contributed by atoms with van der Waals surface area (Å²) >= 11 is 6.73. The standard InChI is InChI=1S/C21H21NO4S2/c1-24-16-7-4-14(5-8-16)10-11-22-20(23)19(28-21(22)27)13-15-6-9-17(25-2)18(12-15)26-3/h4-9,12-13H,10-11H2,1-3H3. The van der Waals surface area contributed by atoms with E-state index in [9.17, 15) is 4.79 Å². The summed E-state index contributed by atoms with van der Waals surface area (Å²) in [6.07, 6.45) is 2.55. The van der Waals surface area contributed by atoms with E-state index in [1.165, 1.54) is 11.8 Å². The number of thioether (sulfide) groups is 1. The molecule has 1 fully saturated rings. The zero-order chi connectivity index (χ0) is 20.1. The molecular formula is C21H21NO4S2. The molecule has 28 heavy (non-hydrogen) atoms. The Hall–Kier alpha value is -2.51. The molecule has 3 rings (SSSR count). The molecule has 0 aromatic heterocycles. The Morgan fingerprint density at radius 3 is 2.36 bits per heavy atom. The number of carbonyl (C=O) groups is 1. The number of amides is 1. The Morgan fingerprint density at radius 1 is 1.00 bits per heavy atom. The number of benzene rings is 2. The van der Waals surface area contributed by atoms with Crippen molar-refractivity contribution in [1.29, 1.82) is 0 Å². The molecule has 1 aliphatic heterocycles. The van der Waals surface area contributed by atoms with Crippen LogP contribution in [0.1, 0.15) is 11.1 Å². The molecule has 0 bridgehead atoms. The largest absolute Gasteiger partial charge is 0.497 e. The molecule has 0 radical (unpaired) electrons. The van der Waals surface area contributed by atoms with Gasteiger partial charge in [0, 0.05) is 6.54 Å². The Bertz CT molecular complexity index is 909. The first-order chi connectivity index (χ1) is 13.5. The van der Waals surface area contributed by atoms with Gasteiger partial charge in [-0.25, -0.2) is 0 Å². The fourth-order valence-electron chi connectivity index (χ4n) is 2.82. The summed E-state index contributed by atoms with van der Waals surface area (Å²) in [5, 5.41) is 0. The molecule has 146 valence electrons. The molecule has 0 unspecified atom stereocenters. The molecule has 5 nitrogen and oxygen atoms in total. The van der Waals surface area contributed by atoms with Gasteiger partial charge in [-0.15, -0.1) is 0 Å². The number of hydrogen-bond donors (Lipinski definition) is 0. The summed E-state index contributed by atoms with van der Waals surface area (Å²) in [4.78, 5) is 15.0. The van der Waals surface area contributed by atoms with Gasteiger partial charge in [-0.3, -0.25) is 9.69 Å². The molecule has 2 aromatic rings. The number of rotatable bonds is 7. The topological polar surface area (TPSA) is 48.0 Å². The second-order valence-corrected chi connectivity index (χ2v) is 7.72. The van der Waals surface area contributed by atoms with E-state index in [1.54, 1.807) is 26.2 Å². The van der Waals surface area contributed by atoms with Gasteiger partial charge in [0.05, 0.1) is 26.2 Å². The number of hydrogen-bond acceptors (Lipinski definition) is 6. The molecule has 0 spiro atoms. The number of nitrogens with zero attached hydrogens (tertiary/aromatic N) is 1. The smallest absolute Gasteiger partial charge is 0.266 e. The summed E-state index contributed by atoms with van der Waals surface area (Å²) in [7, 11) is 4.81. The highest BCUT2D eigenvalue weighted by Gasteiger charge is 2.31. The lowest BCUT2D eigenvalue weighted by molar-refractivity contribution is -0.122. The van der Waals surface area contributed by atoms with Crippen molar-refractivity contribution in [3.05, 3.63) is 58.5 Å². The van der Waals surface area contributed by atoms with Crippen LogP contribution in [-0.2, 0) is 11.2 Å². The van der Waals surface area contributed by atoms with E-state index >= 15 is 0 Å². The van der Waals surface area contributed by atoms with E-state index in [2.05, 4.69) is 0 Å². The fraction of sp³-hybridized carbons (Fsp3) is 0.238. The second-order valence-electron chi connectivity index (χ2n) is 6.05. The molecule has 0 aliphatic carbocycles. The highest BCUT2D eigenvalue weighted by Crippen LogP contribution is 2.34. The van der Waals surface area contributed by atoms with E-state index in [1.807, 2.05) is 48.5 Å². The number of methoxy groups -OCH3 is 3. The molecule has 1 saturated heterocycles. The van der Waals surface area contributed by atoms with Crippen molar-refractivity contribution >= 4 is 40.3 Å². The molecule has 1 amide bonds. The summed E-state index contributed by atoms with van der Waals surface area (Å²) in [6.45, 7) is 0.542. The quantitative estimate of drug-likeness (QED) is 0.500. The predicted molar refractivity (Wildman–Crippen MR) is 116 cm³/mol. The maximum absolute atomic E-state index is 12.8. The molecular weight excluding hydrogens is 394 g/mol. The Balaban J connectivity index is 1.71. The van der Waals surface area contributed by atoms with Crippen molar-refractivity contribution in [2.75, 3.05) is 27.9 Å². The van der Waals surface area contributed by atoms with Crippen LogP contribution in [0.25, 0.3) is 6.08 Å². The normalized spacial score (nSPS) is 15.2. The van der Waals surface area contributed by atoms with E-state index < -0.39 is 0 Å². The third-order valence-corrected chi connectivity index (χ3v) is 5.74. The van der Waals surface area contributed by atoms with Crippen molar-refractivity contribution in [3.8, 4) is 17.2 Å². The maximum Gasteiger partial charge on any atom is 0.266 e. The molecule has 7 heteroatoms. The molecule has 0 N–H and O–H groups in total. The summed E-state index contributed by atoms with van der Waals surface area (Å²) in [6, 6.07) is 13.3. The van der Waals surface area contributed by atoms with E-state index in [0.717, 1.165) is 23.3 Å². The summed E-state index contributed by atoms with van der Waals surface area (Å²) < 4.78 is 16.3. The van der Waals surface area contributed by atoms with Crippen LogP contribution in [0.3, 0.4) is 0 Å². The van der Waals surface area contributed by atoms with Crippen LogP contribution in [-0.4, -0.2) is 43.0 Å². The van der Waals surface area contributed by atoms with E-state index in [0.29, 0.717) is 27.3 Å². The summed E-state index contributed by atoms with van der Waals surface area (Å²) in [5.41, 5.74) is 1.98. The van der Waals surface area contributed by atoms with Crippen LogP contribution in [0, 0.1) is 0 Å². The van der Waals surface area contributed by atoms with Crippen LogP contribution in [0.4, 0.5) is 0 Å². The first-order valence-corrected chi connectivity index (χ1v) is 9.88. The molecule has 1 heterocycles. The van der Waals surface area contributed by atoms with Crippen molar-refractivity contribution in [3.63, 3.8) is 0 Å². The van der Waals surface area contributed by atoms with Gasteiger partial charge in [0.25, 0.3) is 5.91 Å². The van der Waals surface area contributed by atoms with Gasteiger partial charge in [-0.05, 0) is 47.9 Å². The summed E-state index contributed by atoms with van der Waals surface area (Å²) in [5.74, 6) is 2.00. The zero-order valence-electron chi connectivity index (χ0n) is 15.9. The molecule has 0 atom stereocenters. The van der Waals surface area contributed by atoms with Gasteiger partial charge < -0.3 is 14.2 Å². The highest BCUT2D eigenvalue weighted by atomic mass is 32.2. The van der Waals surface area contributed by atoms with E-state index in [4.69, 9.17) is 26.4 Å². The lowest BCUT2D eigenvalue weighted by Gasteiger charge is -2.14. The van der Waals surface area contributed by atoms with Crippen LogP contribution in [0.5, 0.6) is 17.2 Å².